The number of carbonyl (C=O) groups excluding carboxylic acids is 1. The van der Waals surface area contributed by atoms with Gasteiger partial charge in [-0.15, -0.1) is 0 Å². The van der Waals surface area contributed by atoms with Crippen LogP contribution in [0.3, 0.4) is 0 Å². The Labute approximate surface area is 160 Å². The number of Topliss-reactive ketones (excluding diaryl/α,β-unsaturated/α-hetero) is 1. The number of anilines is 2. The lowest BCUT2D eigenvalue weighted by Crippen LogP contribution is -2.15. The van der Waals surface area contributed by atoms with Crippen LogP contribution in [0.5, 0.6) is 23.0 Å². The van der Waals surface area contributed by atoms with Crippen molar-refractivity contribution in [1.82, 2.24) is 4.98 Å². The number of nitrogens with zero attached hydrogens (tertiary/aromatic N) is 1. The average molecular weight is 376 g/mol. The number of hydrogen-bond acceptors (Lipinski definition) is 7. The topological polar surface area (TPSA) is 78.9 Å². The summed E-state index contributed by atoms with van der Waals surface area (Å²) in [6.45, 7) is 0.406. The van der Waals surface area contributed by atoms with Crippen LogP contribution in [0.1, 0.15) is 28.9 Å². The Kier molecular flexibility index (Phi) is 3.20. The maximum Gasteiger partial charge on any atom is 0.231 e. The number of benzene rings is 2. The van der Waals surface area contributed by atoms with Gasteiger partial charge in [-0.2, -0.15) is 0 Å². The molecule has 140 valence electrons. The fourth-order valence-electron chi connectivity index (χ4n) is 3.98. The highest BCUT2D eigenvalue weighted by atomic mass is 16.7. The predicted molar refractivity (Wildman–Crippen MR) is 101 cm³/mol. The van der Waals surface area contributed by atoms with E-state index in [4.69, 9.17) is 23.9 Å². The van der Waals surface area contributed by atoms with Gasteiger partial charge in [0, 0.05) is 29.6 Å². The molecule has 1 aromatic heterocycles. The zero-order valence-electron chi connectivity index (χ0n) is 14.9. The second kappa shape index (κ2) is 5.76. The Morgan fingerprint density at radius 1 is 0.857 bits per heavy atom. The summed E-state index contributed by atoms with van der Waals surface area (Å²) in [6, 6.07) is 9.41. The molecule has 7 nitrogen and oxygen atoms in total. The third-order valence-corrected chi connectivity index (χ3v) is 5.29. The van der Waals surface area contributed by atoms with Gasteiger partial charge in [-0.05, 0) is 31.0 Å². The number of ketones is 1. The highest BCUT2D eigenvalue weighted by Gasteiger charge is 2.27. The Morgan fingerprint density at radius 3 is 2.46 bits per heavy atom. The first-order chi connectivity index (χ1) is 13.8. The van der Waals surface area contributed by atoms with Gasteiger partial charge < -0.3 is 24.3 Å². The molecule has 3 heterocycles. The molecular formula is C21H16N2O5. The van der Waals surface area contributed by atoms with Gasteiger partial charge in [-0.3, -0.25) is 9.78 Å². The van der Waals surface area contributed by atoms with Gasteiger partial charge in [0.2, 0.25) is 13.6 Å². The number of rotatable bonds is 2. The molecule has 6 rings (SSSR count). The summed E-state index contributed by atoms with van der Waals surface area (Å²) in [4.78, 5) is 17.5. The summed E-state index contributed by atoms with van der Waals surface area (Å²) in [5.41, 5.74) is 3.83. The molecule has 1 aliphatic carbocycles. The van der Waals surface area contributed by atoms with Gasteiger partial charge in [0.1, 0.15) is 0 Å². The standard InChI is InChI=1S/C21H16N2O5/c24-15-3-1-2-13-20(15)21(22-11-4-5-16-17(6-11)26-9-25-16)12-7-18-19(28-10-27-18)8-14(12)23-13/h4-8H,1-3,9-10H2,(H,22,23). The summed E-state index contributed by atoms with van der Waals surface area (Å²) in [7, 11) is 0. The van der Waals surface area contributed by atoms with Crippen LogP contribution in [0.25, 0.3) is 10.9 Å². The molecule has 0 amide bonds. The van der Waals surface area contributed by atoms with E-state index < -0.39 is 0 Å². The molecule has 0 fully saturated rings. The summed E-state index contributed by atoms with van der Waals surface area (Å²) in [5, 5.41) is 4.26. The number of hydrogen-bond donors (Lipinski definition) is 1. The van der Waals surface area contributed by atoms with Crippen molar-refractivity contribution in [1.29, 1.82) is 0 Å². The van der Waals surface area contributed by atoms with Crippen LogP contribution in [-0.4, -0.2) is 24.4 Å². The SMILES string of the molecule is O=C1CCCc2nc3cc4c(cc3c(Nc3ccc5c(c3)OCO5)c21)OCO4. The van der Waals surface area contributed by atoms with Crippen molar-refractivity contribution in [2.45, 2.75) is 19.3 Å². The Bertz CT molecular complexity index is 1160. The van der Waals surface area contributed by atoms with E-state index in [0.717, 1.165) is 40.8 Å². The largest absolute Gasteiger partial charge is 0.454 e. The van der Waals surface area contributed by atoms with Crippen molar-refractivity contribution < 1.29 is 23.7 Å². The molecule has 0 saturated carbocycles. The average Bonchev–Trinajstić information content (AvgIpc) is 3.34. The molecule has 0 unspecified atom stereocenters. The van der Waals surface area contributed by atoms with Crippen molar-refractivity contribution in [3.63, 3.8) is 0 Å². The Balaban J connectivity index is 1.56. The van der Waals surface area contributed by atoms with E-state index >= 15 is 0 Å². The van der Waals surface area contributed by atoms with Crippen LogP contribution in [-0.2, 0) is 6.42 Å². The summed E-state index contributed by atoms with van der Waals surface area (Å²) in [6.07, 6.45) is 2.13. The number of carbonyl (C=O) groups is 1. The number of ether oxygens (including phenoxy) is 4. The van der Waals surface area contributed by atoms with Crippen LogP contribution in [0, 0.1) is 0 Å². The van der Waals surface area contributed by atoms with Crippen LogP contribution in [0.15, 0.2) is 30.3 Å². The zero-order valence-corrected chi connectivity index (χ0v) is 14.9. The molecular weight excluding hydrogens is 360 g/mol. The first-order valence-electron chi connectivity index (χ1n) is 9.22. The Morgan fingerprint density at radius 2 is 1.61 bits per heavy atom. The number of aromatic nitrogens is 1. The highest BCUT2D eigenvalue weighted by Crippen LogP contribution is 2.43. The van der Waals surface area contributed by atoms with Crippen LogP contribution in [0.4, 0.5) is 11.4 Å². The molecule has 0 saturated heterocycles. The third kappa shape index (κ3) is 2.29. The van der Waals surface area contributed by atoms with Crippen molar-refractivity contribution in [3.05, 3.63) is 41.6 Å². The first-order valence-corrected chi connectivity index (χ1v) is 9.22. The van der Waals surface area contributed by atoms with E-state index in [-0.39, 0.29) is 19.4 Å². The second-order valence-corrected chi connectivity index (χ2v) is 7.00. The Hall–Kier alpha value is -3.48. The van der Waals surface area contributed by atoms with Gasteiger partial charge in [0.25, 0.3) is 0 Å². The molecule has 0 atom stereocenters. The van der Waals surface area contributed by atoms with E-state index in [0.29, 0.717) is 35.0 Å². The molecule has 0 radical (unpaired) electrons. The van der Waals surface area contributed by atoms with Crippen LogP contribution >= 0.6 is 0 Å². The van der Waals surface area contributed by atoms with Crippen LogP contribution < -0.4 is 24.3 Å². The van der Waals surface area contributed by atoms with Crippen molar-refractivity contribution in [2.24, 2.45) is 0 Å². The molecule has 28 heavy (non-hydrogen) atoms. The predicted octanol–water partition coefficient (Wildman–Crippen LogP) is 3.95. The lowest BCUT2D eigenvalue weighted by molar-refractivity contribution is 0.0972. The number of pyridine rings is 1. The minimum absolute atomic E-state index is 0.108. The lowest BCUT2D eigenvalue weighted by Gasteiger charge is -2.21. The zero-order chi connectivity index (χ0) is 18.7. The molecule has 2 aliphatic heterocycles. The van der Waals surface area contributed by atoms with Gasteiger partial charge in [-0.1, -0.05) is 0 Å². The number of fused-ring (bicyclic) bond motifs is 4. The summed E-state index contributed by atoms with van der Waals surface area (Å²) in [5.74, 6) is 2.84. The quantitative estimate of drug-likeness (QED) is 0.725. The molecule has 0 bridgehead atoms. The molecule has 7 heteroatoms. The number of nitrogens with one attached hydrogen (secondary N) is 1. The van der Waals surface area contributed by atoms with Crippen molar-refractivity contribution >= 4 is 28.1 Å². The fourth-order valence-corrected chi connectivity index (χ4v) is 3.98. The van der Waals surface area contributed by atoms with E-state index in [2.05, 4.69) is 5.32 Å². The van der Waals surface area contributed by atoms with Crippen molar-refractivity contribution in [3.8, 4) is 23.0 Å². The fraction of sp³-hybridized carbons (Fsp3) is 0.238. The van der Waals surface area contributed by atoms with Gasteiger partial charge in [0.15, 0.2) is 28.8 Å². The van der Waals surface area contributed by atoms with Gasteiger partial charge in [-0.25, -0.2) is 0 Å². The highest BCUT2D eigenvalue weighted by molar-refractivity contribution is 6.11. The van der Waals surface area contributed by atoms with Crippen molar-refractivity contribution in [2.75, 3.05) is 18.9 Å². The van der Waals surface area contributed by atoms with E-state index in [9.17, 15) is 4.79 Å². The normalized spacial score (nSPS) is 16.4. The third-order valence-electron chi connectivity index (χ3n) is 5.29. The molecule has 3 aromatic rings. The summed E-state index contributed by atoms with van der Waals surface area (Å²) >= 11 is 0. The molecule has 2 aromatic carbocycles. The minimum Gasteiger partial charge on any atom is -0.454 e. The maximum atomic E-state index is 12.8. The monoisotopic (exact) mass is 376 g/mol. The van der Waals surface area contributed by atoms with E-state index in [1.807, 2.05) is 30.3 Å². The molecule has 1 N–H and O–H groups in total. The minimum atomic E-state index is 0.108. The van der Waals surface area contributed by atoms with Gasteiger partial charge in [0.05, 0.1) is 22.5 Å². The first kappa shape index (κ1) is 15.6. The molecule has 3 aliphatic rings. The van der Waals surface area contributed by atoms with Crippen LogP contribution in [0.2, 0.25) is 0 Å². The second-order valence-electron chi connectivity index (χ2n) is 7.00. The number of aryl methyl sites for hydroxylation is 1. The smallest absolute Gasteiger partial charge is 0.231 e. The van der Waals surface area contributed by atoms with E-state index in [1.165, 1.54) is 0 Å². The van der Waals surface area contributed by atoms with Gasteiger partial charge >= 0.3 is 0 Å². The molecule has 0 spiro atoms. The van der Waals surface area contributed by atoms with E-state index in [1.54, 1.807) is 0 Å². The maximum absolute atomic E-state index is 12.8. The lowest BCUT2D eigenvalue weighted by atomic mass is 9.91. The summed E-state index contributed by atoms with van der Waals surface area (Å²) < 4.78 is 21.9.